The molecule has 2 aromatic rings. The molecule has 118 valence electrons. The van der Waals surface area contributed by atoms with Crippen LogP contribution in [0.3, 0.4) is 0 Å². The number of hydrogen-bond acceptors (Lipinski definition) is 5. The van der Waals surface area contributed by atoms with Gasteiger partial charge >= 0.3 is 11.8 Å². The number of carbonyl (C=O) groups is 2. The molecule has 3 N–H and O–H groups in total. The zero-order chi connectivity index (χ0) is 16.0. The SMILES string of the molecule is C[C@@](O)(CNC(=O)C(=O)NCc1ccco1)Cc1ccco1. The number of furan rings is 2. The lowest BCUT2D eigenvalue weighted by atomic mass is 10.0. The summed E-state index contributed by atoms with van der Waals surface area (Å²) in [5, 5.41) is 15.0. The summed E-state index contributed by atoms with van der Waals surface area (Å²) in [5.41, 5.74) is -1.21. The quantitative estimate of drug-likeness (QED) is 0.678. The van der Waals surface area contributed by atoms with Gasteiger partial charge < -0.3 is 24.6 Å². The molecule has 2 rings (SSSR count). The number of rotatable bonds is 6. The summed E-state index contributed by atoms with van der Waals surface area (Å²) in [6, 6.07) is 6.82. The number of amides is 2. The molecule has 0 radical (unpaired) electrons. The summed E-state index contributed by atoms with van der Waals surface area (Å²) in [7, 11) is 0. The van der Waals surface area contributed by atoms with Crippen molar-refractivity contribution >= 4 is 11.8 Å². The largest absolute Gasteiger partial charge is 0.469 e. The highest BCUT2D eigenvalue weighted by atomic mass is 16.3. The molecule has 0 spiro atoms. The van der Waals surface area contributed by atoms with Gasteiger partial charge in [-0.25, -0.2) is 0 Å². The Hall–Kier alpha value is -2.54. The second-order valence-corrected chi connectivity index (χ2v) is 5.20. The fraction of sp³-hybridized carbons (Fsp3) is 0.333. The minimum Gasteiger partial charge on any atom is -0.469 e. The number of nitrogens with one attached hydrogen (secondary N) is 2. The zero-order valence-electron chi connectivity index (χ0n) is 12.2. The molecule has 2 aromatic heterocycles. The van der Waals surface area contributed by atoms with Gasteiger partial charge in [0.15, 0.2) is 0 Å². The van der Waals surface area contributed by atoms with Crippen molar-refractivity contribution in [3.63, 3.8) is 0 Å². The number of hydrogen-bond donors (Lipinski definition) is 3. The first-order valence-electron chi connectivity index (χ1n) is 6.79. The molecule has 0 aliphatic carbocycles. The van der Waals surface area contributed by atoms with Crippen LogP contribution in [0.2, 0.25) is 0 Å². The zero-order valence-corrected chi connectivity index (χ0v) is 12.2. The molecule has 0 aromatic carbocycles. The van der Waals surface area contributed by atoms with Crippen LogP contribution in [-0.4, -0.2) is 29.1 Å². The first kappa shape index (κ1) is 15.8. The van der Waals surface area contributed by atoms with E-state index in [-0.39, 0.29) is 19.5 Å². The van der Waals surface area contributed by atoms with Crippen LogP contribution < -0.4 is 10.6 Å². The normalized spacial score (nSPS) is 13.4. The second-order valence-electron chi connectivity index (χ2n) is 5.20. The first-order valence-corrected chi connectivity index (χ1v) is 6.79. The first-order chi connectivity index (χ1) is 10.5. The molecule has 0 fully saturated rings. The molecule has 7 heteroatoms. The van der Waals surface area contributed by atoms with Crippen molar-refractivity contribution in [1.29, 1.82) is 0 Å². The summed E-state index contributed by atoms with van der Waals surface area (Å²) >= 11 is 0. The Kier molecular flexibility index (Phi) is 5.00. The third kappa shape index (κ3) is 4.78. The molecule has 2 heterocycles. The maximum Gasteiger partial charge on any atom is 0.309 e. The van der Waals surface area contributed by atoms with Gasteiger partial charge in [-0.3, -0.25) is 9.59 Å². The van der Waals surface area contributed by atoms with Crippen LogP contribution in [0.5, 0.6) is 0 Å². The summed E-state index contributed by atoms with van der Waals surface area (Å²) in [6.07, 6.45) is 3.22. The molecular formula is C15H18N2O5. The van der Waals surface area contributed by atoms with E-state index in [0.29, 0.717) is 11.5 Å². The van der Waals surface area contributed by atoms with E-state index in [9.17, 15) is 14.7 Å². The highest BCUT2D eigenvalue weighted by molar-refractivity contribution is 6.35. The van der Waals surface area contributed by atoms with Crippen LogP contribution >= 0.6 is 0 Å². The van der Waals surface area contributed by atoms with Gasteiger partial charge in [0.2, 0.25) is 0 Å². The standard InChI is InChI=1S/C15H18N2O5/c1-15(20,8-11-4-2-6-21-11)10-17-14(19)13(18)16-9-12-5-3-7-22-12/h2-7,20H,8-10H2,1H3,(H,16,18)(H,17,19)/t15-/m0/s1. The molecule has 0 saturated carbocycles. The van der Waals surface area contributed by atoms with E-state index in [1.54, 1.807) is 31.2 Å². The monoisotopic (exact) mass is 306 g/mol. The predicted octanol–water partition coefficient (Wildman–Crippen LogP) is 0.599. The Morgan fingerprint density at radius 1 is 1.09 bits per heavy atom. The molecule has 0 aliphatic rings. The van der Waals surface area contributed by atoms with E-state index in [0.717, 1.165) is 0 Å². The second kappa shape index (κ2) is 6.95. The van der Waals surface area contributed by atoms with Crippen molar-refractivity contribution in [3.05, 3.63) is 48.3 Å². The molecule has 0 saturated heterocycles. The van der Waals surface area contributed by atoms with E-state index in [4.69, 9.17) is 8.83 Å². The topological polar surface area (TPSA) is 105 Å². The Labute approximate surface area is 127 Å². The van der Waals surface area contributed by atoms with Crippen molar-refractivity contribution in [2.24, 2.45) is 0 Å². The average molecular weight is 306 g/mol. The molecular weight excluding hydrogens is 288 g/mol. The Balaban J connectivity index is 1.75. The highest BCUT2D eigenvalue weighted by Crippen LogP contribution is 2.12. The van der Waals surface area contributed by atoms with Crippen LogP contribution in [0.1, 0.15) is 18.4 Å². The van der Waals surface area contributed by atoms with E-state index < -0.39 is 17.4 Å². The number of carbonyl (C=O) groups excluding carboxylic acids is 2. The van der Waals surface area contributed by atoms with Gasteiger partial charge in [0.1, 0.15) is 11.5 Å². The van der Waals surface area contributed by atoms with Gasteiger partial charge in [-0.05, 0) is 31.2 Å². The van der Waals surface area contributed by atoms with Gasteiger partial charge in [0.25, 0.3) is 0 Å². The van der Waals surface area contributed by atoms with Crippen LogP contribution in [0, 0.1) is 0 Å². The molecule has 0 unspecified atom stereocenters. The number of aliphatic hydroxyl groups is 1. The van der Waals surface area contributed by atoms with E-state index >= 15 is 0 Å². The highest BCUT2D eigenvalue weighted by Gasteiger charge is 2.24. The van der Waals surface area contributed by atoms with Crippen LogP contribution in [0.25, 0.3) is 0 Å². The Morgan fingerprint density at radius 2 is 1.68 bits per heavy atom. The summed E-state index contributed by atoms with van der Waals surface area (Å²) in [6.45, 7) is 1.61. The minimum atomic E-state index is -1.21. The third-order valence-electron chi connectivity index (χ3n) is 2.97. The summed E-state index contributed by atoms with van der Waals surface area (Å²) < 4.78 is 10.2. The maximum atomic E-state index is 11.7. The van der Waals surface area contributed by atoms with Crippen molar-refractivity contribution in [2.45, 2.75) is 25.5 Å². The average Bonchev–Trinajstić information content (AvgIpc) is 3.15. The predicted molar refractivity (Wildman–Crippen MR) is 76.6 cm³/mol. The van der Waals surface area contributed by atoms with Gasteiger partial charge in [-0.1, -0.05) is 0 Å². The molecule has 1 atom stereocenters. The van der Waals surface area contributed by atoms with E-state index in [1.807, 2.05) is 0 Å². The van der Waals surface area contributed by atoms with E-state index in [1.165, 1.54) is 12.5 Å². The minimum absolute atomic E-state index is 0.0687. The van der Waals surface area contributed by atoms with E-state index in [2.05, 4.69) is 10.6 Å². The Bertz CT molecular complexity index is 602. The van der Waals surface area contributed by atoms with Crippen molar-refractivity contribution in [1.82, 2.24) is 10.6 Å². The fourth-order valence-corrected chi connectivity index (χ4v) is 1.86. The van der Waals surface area contributed by atoms with Crippen molar-refractivity contribution in [3.8, 4) is 0 Å². The lowest BCUT2D eigenvalue weighted by molar-refractivity contribution is -0.139. The van der Waals surface area contributed by atoms with Crippen molar-refractivity contribution in [2.75, 3.05) is 6.54 Å². The van der Waals surface area contributed by atoms with Crippen LogP contribution in [-0.2, 0) is 22.6 Å². The molecule has 0 bridgehead atoms. The Morgan fingerprint density at radius 3 is 2.27 bits per heavy atom. The lowest BCUT2D eigenvalue weighted by Crippen LogP contribution is -2.47. The van der Waals surface area contributed by atoms with Gasteiger partial charge in [-0.2, -0.15) is 0 Å². The smallest absolute Gasteiger partial charge is 0.309 e. The third-order valence-corrected chi connectivity index (χ3v) is 2.97. The molecule has 0 aliphatic heterocycles. The van der Waals surface area contributed by atoms with Crippen LogP contribution in [0.4, 0.5) is 0 Å². The maximum absolute atomic E-state index is 11.7. The van der Waals surface area contributed by atoms with Crippen LogP contribution in [0.15, 0.2) is 45.6 Å². The van der Waals surface area contributed by atoms with Crippen molar-refractivity contribution < 1.29 is 23.5 Å². The van der Waals surface area contributed by atoms with Gasteiger partial charge in [0.05, 0.1) is 24.7 Å². The summed E-state index contributed by atoms with van der Waals surface area (Å²) in [4.78, 5) is 23.3. The molecule has 7 nitrogen and oxygen atoms in total. The molecule has 22 heavy (non-hydrogen) atoms. The van der Waals surface area contributed by atoms with Gasteiger partial charge in [-0.15, -0.1) is 0 Å². The molecule has 2 amide bonds. The van der Waals surface area contributed by atoms with Gasteiger partial charge in [0, 0.05) is 13.0 Å². The fourth-order valence-electron chi connectivity index (χ4n) is 1.86. The summed E-state index contributed by atoms with van der Waals surface area (Å²) in [5.74, 6) is -0.455. The lowest BCUT2D eigenvalue weighted by Gasteiger charge is -2.22.